The van der Waals surface area contributed by atoms with Crippen LogP contribution in [-0.2, 0) is 27.9 Å². The van der Waals surface area contributed by atoms with E-state index in [-0.39, 0.29) is 49.2 Å². The minimum atomic E-state index is -0.520. The summed E-state index contributed by atoms with van der Waals surface area (Å²) in [5, 5.41) is 17.8. The summed E-state index contributed by atoms with van der Waals surface area (Å²) in [5.74, 6) is -0.327. The number of halogens is 1. The van der Waals surface area contributed by atoms with Crippen molar-refractivity contribution in [3.05, 3.63) is 63.5 Å². The van der Waals surface area contributed by atoms with Crippen LogP contribution < -0.4 is 15.9 Å². The first-order chi connectivity index (χ1) is 21.1. The number of amides is 1. The van der Waals surface area contributed by atoms with Crippen LogP contribution >= 0.6 is 0 Å². The van der Waals surface area contributed by atoms with Gasteiger partial charge < -0.3 is 20.1 Å². The van der Waals surface area contributed by atoms with Gasteiger partial charge in [0.1, 0.15) is 5.82 Å². The van der Waals surface area contributed by atoms with Crippen LogP contribution in [0.1, 0.15) is 44.5 Å². The number of pyridine rings is 1. The minimum Gasteiger partial charge on any atom is -0.394 e. The number of ether oxygens (including phenoxy) is 1. The van der Waals surface area contributed by atoms with Crippen molar-refractivity contribution < 1.29 is 19.0 Å². The van der Waals surface area contributed by atoms with Crippen LogP contribution in [0.15, 0.2) is 35.1 Å². The number of rotatable bonds is 8. The maximum Gasteiger partial charge on any atom is 0.350 e. The average molecular weight is 610 g/mol. The fraction of sp³-hybridized carbons (Fsp3) is 0.594. The molecule has 44 heavy (non-hydrogen) atoms. The van der Waals surface area contributed by atoms with Crippen LogP contribution in [0, 0.1) is 5.82 Å². The number of carbonyl (C=O) groups excluding carboxylic acids is 1. The molecule has 1 amide bonds. The van der Waals surface area contributed by atoms with E-state index in [1.165, 1.54) is 16.8 Å². The third-order valence-corrected chi connectivity index (χ3v) is 9.33. The fourth-order valence-electron chi connectivity index (χ4n) is 7.02. The normalized spacial score (nSPS) is 24.2. The van der Waals surface area contributed by atoms with Crippen LogP contribution in [0.4, 0.5) is 10.1 Å². The molecule has 3 atom stereocenters. The number of aliphatic hydroxyl groups excluding tert-OH is 1. The number of fused-ring (bicyclic) bond motifs is 3. The maximum absolute atomic E-state index is 14.3. The highest BCUT2D eigenvalue weighted by Gasteiger charge is 2.43. The molecule has 5 heterocycles. The van der Waals surface area contributed by atoms with Crippen molar-refractivity contribution in [2.24, 2.45) is 0 Å². The van der Waals surface area contributed by atoms with Crippen LogP contribution in [-0.4, -0.2) is 112 Å². The molecule has 3 aliphatic rings. The smallest absolute Gasteiger partial charge is 0.350 e. The number of anilines is 1. The predicted octanol–water partition coefficient (Wildman–Crippen LogP) is 1.23. The van der Waals surface area contributed by atoms with Gasteiger partial charge in [-0.15, -0.1) is 5.10 Å². The van der Waals surface area contributed by atoms with Gasteiger partial charge in [0.05, 0.1) is 44.3 Å². The van der Waals surface area contributed by atoms with E-state index < -0.39 is 5.41 Å². The van der Waals surface area contributed by atoms with Gasteiger partial charge in [0, 0.05) is 68.2 Å². The summed E-state index contributed by atoms with van der Waals surface area (Å²) in [6.07, 6.45) is 0.407. The van der Waals surface area contributed by atoms with E-state index in [2.05, 4.69) is 34.1 Å². The van der Waals surface area contributed by atoms with Crippen molar-refractivity contribution >= 4 is 17.2 Å². The Labute approximate surface area is 257 Å². The van der Waals surface area contributed by atoms with Gasteiger partial charge >= 0.3 is 5.69 Å². The summed E-state index contributed by atoms with van der Waals surface area (Å²) in [4.78, 5) is 34.5. The van der Waals surface area contributed by atoms with Gasteiger partial charge in [0.25, 0.3) is 0 Å². The molecule has 2 saturated heterocycles. The summed E-state index contributed by atoms with van der Waals surface area (Å²) in [7, 11) is 0. The highest BCUT2D eigenvalue weighted by atomic mass is 19.1. The Kier molecular flexibility index (Phi) is 8.64. The zero-order chi connectivity index (χ0) is 31.2. The van der Waals surface area contributed by atoms with E-state index in [9.17, 15) is 19.1 Å². The zero-order valence-electron chi connectivity index (χ0n) is 26.1. The van der Waals surface area contributed by atoms with Gasteiger partial charge in [0.2, 0.25) is 5.91 Å². The Morgan fingerprint density at radius 2 is 1.98 bits per heavy atom. The lowest BCUT2D eigenvalue weighted by molar-refractivity contribution is -0.121. The fourth-order valence-corrected chi connectivity index (χ4v) is 7.02. The zero-order valence-corrected chi connectivity index (χ0v) is 26.1. The van der Waals surface area contributed by atoms with Crippen molar-refractivity contribution in [1.29, 1.82) is 0 Å². The monoisotopic (exact) mass is 609 g/mol. The number of carbonyl (C=O) groups is 1. The molecule has 0 aliphatic carbocycles. The van der Waals surface area contributed by atoms with Crippen molar-refractivity contribution in [3.8, 4) is 0 Å². The second-order valence-electron chi connectivity index (χ2n) is 13.3. The number of aromatic nitrogens is 3. The van der Waals surface area contributed by atoms with E-state index in [0.717, 1.165) is 56.2 Å². The molecule has 2 N–H and O–H groups in total. The quantitative estimate of drug-likeness (QED) is 0.393. The highest BCUT2D eigenvalue weighted by molar-refractivity contribution is 5.97. The molecule has 0 radical (unpaired) electrons. The van der Waals surface area contributed by atoms with Crippen LogP contribution in [0.5, 0.6) is 0 Å². The van der Waals surface area contributed by atoms with E-state index >= 15 is 0 Å². The van der Waals surface area contributed by atoms with Crippen molar-refractivity contribution in [2.75, 3.05) is 64.0 Å². The second-order valence-corrected chi connectivity index (χ2v) is 13.3. The average Bonchev–Trinajstić information content (AvgIpc) is 3.45. The number of hydrogen-bond donors (Lipinski definition) is 2. The third-order valence-electron chi connectivity index (χ3n) is 9.33. The lowest BCUT2D eigenvalue weighted by Crippen LogP contribution is -2.62. The molecule has 12 heteroatoms. The Morgan fingerprint density at radius 1 is 1.20 bits per heavy atom. The van der Waals surface area contributed by atoms with E-state index in [4.69, 9.17) is 4.74 Å². The standard InChI is InChI=1S/C32H44FN7O4/c1-21-16-37(26(15-34-21)17-36-10-12-44-19-22(36)2)18-28(42)38-20-32(3,4)29-27(38)14-24(13-23-5-7-25(33)8-6-23)30-35-39(9-11-41)31(43)40(29)30/h5-8,14,21-22,26,34,41H,9-13,15-20H2,1-4H3/t21-,22-,26-/m1/s1. The van der Waals surface area contributed by atoms with E-state index in [1.54, 1.807) is 16.5 Å². The number of nitrogens with one attached hydrogen (secondary N) is 1. The maximum atomic E-state index is 14.3. The Morgan fingerprint density at radius 3 is 2.70 bits per heavy atom. The number of morpholine rings is 1. The molecule has 3 aromatic rings. The van der Waals surface area contributed by atoms with Crippen LogP contribution in [0.25, 0.3) is 5.65 Å². The first kappa shape index (κ1) is 30.8. The lowest BCUT2D eigenvalue weighted by Gasteiger charge is -2.43. The molecule has 2 fully saturated rings. The van der Waals surface area contributed by atoms with Crippen molar-refractivity contribution in [2.45, 2.75) is 64.2 Å². The number of hydrogen-bond acceptors (Lipinski definition) is 8. The van der Waals surface area contributed by atoms with E-state index in [1.807, 2.05) is 24.8 Å². The van der Waals surface area contributed by atoms with Crippen LogP contribution in [0.2, 0.25) is 0 Å². The Hall–Kier alpha value is -3.16. The predicted molar refractivity (Wildman–Crippen MR) is 166 cm³/mol. The van der Waals surface area contributed by atoms with Gasteiger partial charge in [-0.1, -0.05) is 26.0 Å². The molecule has 0 spiro atoms. The summed E-state index contributed by atoms with van der Waals surface area (Å²) in [5.41, 5.74) is 2.70. The van der Waals surface area contributed by atoms with Crippen molar-refractivity contribution in [1.82, 2.24) is 29.3 Å². The third kappa shape index (κ3) is 5.93. The van der Waals surface area contributed by atoms with Crippen molar-refractivity contribution in [3.63, 3.8) is 0 Å². The summed E-state index contributed by atoms with van der Waals surface area (Å²) in [6, 6.07) is 9.02. The second kappa shape index (κ2) is 12.3. The molecule has 238 valence electrons. The Bertz CT molecular complexity index is 1570. The largest absolute Gasteiger partial charge is 0.394 e. The molecule has 6 rings (SSSR count). The molecular formula is C32H44FN7O4. The molecule has 3 aliphatic heterocycles. The molecular weight excluding hydrogens is 565 g/mol. The molecule has 0 bridgehead atoms. The SMILES string of the molecule is C[C@@H]1CN(CC(=O)N2CC(C)(C)c3c2cc(Cc2ccc(F)cc2)c2nn(CCO)c(=O)n32)[C@@H](CN2CCOC[C@H]2C)CN1. The Balaban J connectivity index is 1.35. The number of benzene rings is 1. The lowest BCUT2D eigenvalue weighted by atomic mass is 9.90. The minimum absolute atomic E-state index is 0.00571. The summed E-state index contributed by atoms with van der Waals surface area (Å²) >= 11 is 0. The van der Waals surface area contributed by atoms with Gasteiger partial charge in [-0.05, 0) is 37.6 Å². The van der Waals surface area contributed by atoms with Gasteiger partial charge in [-0.2, -0.15) is 0 Å². The number of piperazine rings is 1. The highest BCUT2D eigenvalue weighted by Crippen LogP contribution is 2.42. The van der Waals surface area contributed by atoms with Gasteiger partial charge in [-0.3, -0.25) is 14.6 Å². The summed E-state index contributed by atoms with van der Waals surface area (Å²) in [6.45, 7) is 13.7. The molecule has 0 saturated carbocycles. The molecule has 0 unspecified atom stereocenters. The topological polar surface area (TPSA) is 108 Å². The first-order valence-electron chi connectivity index (χ1n) is 15.7. The number of nitrogens with zero attached hydrogens (tertiary/aromatic N) is 6. The van der Waals surface area contributed by atoms with Gasteiger partial charge in [0.15, 0.2) is 5.65 Å². The first-order valence-corrected chi connectivity index (χ1v) is 15.7. The molecule has 11 nitrogen and oxygen atoms in total. The molecule has 1 aromatic carbocycles. The van der Waals surface area contributed by atoms with E-state index in [0.29, 0.717) is 30.3 Å². The van der Waals surface area contributed by atoms with Crippen LogP contribution in [0.3, 0.4) is 0 Å². The number of aliphatic hydroxyl groups is 1. The van der Waals surface area contributed by atoms with Gasteiger partial charge in [-0.25, -0.2) is 18.3 Å². The molecule has 2 aromatic heterocycles. The summed E-state index contributed by atoms with van der Waals surface area (Å²) < 4.78 is 22.2.